The maximum Gasteiger partial charge on any atom is 0.273 e. The first-order chi connectivity index (χ1) is 12.2. The second-order valence-corrected chi connectivity index (χ2v) is 8.27. The van der Waals surface area contributed by atoms with Gasteiger partial charge in [-0.3, -0.25) is 9.59 Å². The van der Waals surface area contributed by atoms with Crippen LogP contribution in [0, 0.1) is 11.3 Å². The van der Waals surface area contributed by atoms with Crippen LogP contribution in [0.3, 0.4) is 0 Å². The maximum absolute atomic E-state index is 12.7. The molecule has 0 saturated carbocycles. The summed E-state index contributed by atoms with van der Waals surface area (Å²) in [5, 5.41) is 2.77. The summed E-state index contributed by atoms with van der Waals surface area (Å²) < 4.78 is 5.41. The number of nitrogens with one attached hydrogen (secondary N) is 1. The molecule has 1 aromatic rings. The molecule has 0 fully saturated rings. The van der Waals surface area contributed by atoms with Crippen molar-refractivity contribution in [2.75, 3.05) is 13.1 Å². The second kappa shape index (κ2) is 10.3. The molecule has 2 amide bonds. The fourth-order valence-electron chi connectivity index (χ4n) is 3.09. The average Bonchev–Trinajstić information content (AvgIpc) is 2.98. The van der Waals surface area contributed by atoms with Crippen LogP contribution in [-0.4, -0.2) is 34.8 Å². The molecule has 1 aromatic heterocycles. The topological polar surface area (TPSA) is 75.4 Å². The zero-order chi connectivity index (χ0) is 19.7. The quantitative estimate of drug-likeness (QED) is 0.679. The number of carbonyl (C=O) groups is 2. The zero-order valence-electron chi connectivity index (χ0n) is 17.2. The van der Waals surface area contributed by atoms with Gasteiger partial charge in [-0.1, -0.05) is 41.5 Å². The first kappa shape index (κ1) is 22.2. The van der Waals surface area contributed by atoms with Gasteiger partial charge >= 0.3 is 0 Å². The zero-order valence-corrected chi connectivity index (χ0v) is 17.2. The van der Waals surface area contributed by atoms with Crippen LogP contribution in [0.4, 0.5) is 0 Å². The lowest BCUT2D eigenvalue weighted by Crippen LogP contribution is -2.33. The van der Waals surface area contributed by atoms with E-state index in [4.69, 9.17) is 4.42 Å². The Morgan fingerprint density at radius 2 is 1.96 bits per heavy atom. The Kier molecular flexibility index (Phi) is 8.82. The van der Waals surface area contributed by atoms with Crippen LogP contribution in [0.15, 0.2) is 10.7 Å². The van der Waals surface area contributed by atoms with E-state index >= 15 is 0 Å². The van der Waals surface area contributed by atoms with E-state index in [-0.39, 0.29) is 22.9 Å². The number of hydrogen-bond acceptors (Lipinski definition) is 4. The van der Waals surface area contributed by atoms with Crippen molar-refractivity contribution in [1.29, 1.82) is 0 Å². The summed E-state index contributed by atoms with van der Waals surface area (Å²) in [4.78, 5) is 30.6. The fraction of sp³-hybridized carbons (Fsp3) is 0.750. The van der Waals surface area contributed by atoms with Gasteiger partial charge in [-0.15, -0.1) is 0 Å². The predicted octanol–water partition coefficient (Wildman–Crippen LogP) is 4.02. The normalized spacial score (nSPS) is 12.7. The van der Waals surface area contributed by atoms with Crippen molar-refractivity contribution >= 4 is 11.8 Å². The van der Waals surface area contributed by atoms with Gasteiger partial charge in [0.05, 0.1) is 6.54 Å². The van der Waals surface area contributed by atoms with Crippen molar-refractivity contribution in [3.05, 3.63) is 17.8 Å². The lowest BCUT2D eigenvalue weighted by atomic mass is 9.84. The lowest BCUT2D eigenvalue weighted by Gasteiger charge is -2.26. The van der Waals surface area contributed by atoms with Crippen molar-refractivity contribution in [2.45, 2.75) is 73.8 Å². The Hall–Kier alpha value is -1.85. The third-order valence-corrected chi connectivity index (χ3v) is 3.98. The molecule has 0 aliphatic heterocycles. The van der Waals surface area contributed by atoms with Crippen molar-refractivity contribution in [3.63, 3.8) is 0 Å². The van der Waals surface area contributed by atoms with Gasteiger partial charge in [0, 0.05) is 19.5 Å². The number of nitrogens with zero attached hydrogens (tertiary/aromatic N) is 2. The van der Waals surface area contributed by atoms with Gasteiger partial charge in [0.15, 0.2) is 5.69 Å². The van der Waals surface area contributed by atoms with Crippen molar-refractivity contribution < 1.29 is 14.0 Å². The monoisotopic (exact) mass is 365 g/mol. The van der Waals surface area contributed by atoms with Crippen LogP contribution in [-0.2, 0) is 11.3 Å². The summed E-state index contributed by atoms with van der Waals surface area (Å²) in [5.74, 6) is 0.589. The number of hydrogen-bond donors (Lipinski definition) is 1. The van der Waals surface area contributed by atoms with E-state index in [1.54, 1.807) is 4.90 Å². The lowest BCUT2D eigenvalue weighted by molar-refractivity contribution is -0.133. The van der Waals surface area contributed by atoms with E-state index in [9.17, 15) is 9.59 Å². The first-order valence-corrected chi connectivity index (χ1v) is 9.66. The Labute approximate surface area is 157 Å². The molecule has 1 atom stereocenters. The minimum Gasteiger partial charge on any atom is -0.446 e. The third kappa shape index (κ3) is 8.02. The molecule has 0 aromatic carbocycles. The summed E-state index contributed by atoms with van der Waals surface area (Å²) >= 11 is 0. The molecule has 0 bridgehead atoms. The number of carbonyl (C=O) groups excluding carboxylic acids is 2. The van der Waals surface area contributed by atoms with Crippen LogP contribution in [0.25, 0.3) is 0 Å². The molecule has 0 saturated heterocycles. The van der Waals surface area contributed by atoms with Gasteiger partial charge in [0.1, 0.15) is 6.26 Å². The smallest absolute Gasteiger partial charge is 0.273 e. The van der Waals surface area contributed by atoms with Crippen molar-refractivity contribution in [1.82, 2.24) is 15.2 Å². The van der Waals surface area contributed by atoms with Crippen molar-refractivity contribution in [3.8, 4) is 0 Å². The molecule has 0 aliphatic carbocycles. The molecule has 0 spiro atoms. The number of aromatic nitrogens is 1. The molecular weight excluding hydrogens is 330 g/mol. The second-order valence-electron chi connectivity index (χ2n) is 8.27. The highest BCUT2D eigenvalue weighted by Crippen LogP contribution is 2.26. The SMILES string of the molecule is CCCNC(=O)c1coc(CN(CCC)C(=O)C[C@H](C)CC(C)(C)C)n1. The standard InChI is InChI=1S/C20H35N3O3/c1-7-9-21-19(25)16-14-26-17(22-16)13-23(10-8-2)18(24)11-15(3)12-20(4,5)6/h14-15H,7-13H2,1-6H3,(H,21,25)/t15-/m0/s1. The molecule has 26 heavy (non-hydrogen) atoms. The average molecular weight is 366 g/mol. The van der Waals surface area contributed by atoms with E-state index in [1.807, 2.05) is 13.8 Å². The van der Waals surface area contributed by atoms with Gasteiger partial charge in [-0.2, -0.15) is 0 Å². The molecule has 148 valence electrons. The maximum atomic E-state index is 12.7. The largest absolute Gasteiger partial charge is 0.446 e. The van der Waals surface area contributed by atoms with E-state index in [0.29, 0.717) is 37.9 Å². The molecule has 0 unspecified atom stereocenters. The van der Waals surface area contributed by atoms with E-state index in [2.05, 4.69) is 38.0 Å². The van der Waals surface area contributed by atoms with Gasteiger partial charge in [-0.05, 0) is 30.6 Å². The molecular formula is C20H35N3O3. The molecule has 6 nitrogen and oxygen atoms in total. The van der Waals surface area contributed by atoms with Crippen LogP contribution in [0.5, 0.6) is 0 Å². The molecule has 1 heterocycles. The minimum absolute atomic E-state index is 0.110. The molecule has 0 radical (unpaired) electrons. The number of amides is 2. The summed E-state index contributed by atoms with van der Waals surface area (Å²) in [5.41, 5.74) is 0.469. The Balaban J connectivity index is 2.68. The van der Waals surface area contributed by atoms with Gasteiger partial charge in [-0.25, -0.2) is 4.98 Å². The highest BCUT2D eigenvalue weighted by Gasteiger charge is 2.22. The molecule has 1 rings (SSSR count). The Morgan fingerprint density at radius 3 is 2.54 bits per heavy atom. The summed E-state index contributed by atoms with van der Waals surface area (Å²) in [6.45, 7) is 14.3. The summed E-state index contributed by atoms with van der Waals surface area (Å²) in [6, 6.07) is 0. The number of oxazole rings is 1. The van der Waals surface area contributed by atoms with E-state index < -0.39 is 0 Å². The van der Waals surface area contributed by atoms with Crippen LogP contribution >= 0.6 is 0 Å². The van der Waals surface area contributed by atoms with E-state index in [0.717, 1.165) is 19.3 Å². The minimum atomic E-state index is -0.242. The Morgan fingerprint density at radius 1 is 1.27 bits per heavy atom. The van der Waals surface area contributed by atoms with E-state index in [1.165, 1.54) is 6.26 Å². The Bertz CT molecular complexity index is 575. The van der Waals surface area contributed by atoms with Crippen LogP contribution < -0.4 is 5.32 Å². The van der Waals surface area contributed by atoms with Gasteiger partial charge < -0.3 is 14.6 Å². The molecule has 1 N–H and O–H groups in total. The molecule has 6 heteroatoms. The predicted molar refractivity (Wildman–Crippen MR) is 103 cm³/mol. The van der Waals surface area contributed by atoms with Gasteiger partial charge in [0.2, 0.25) is 11.8 Å². The van der Waals surface area contributed by atoms with Crippen LogP contribution in [0.2, 0.25) is 0 Å². The van der Waals surface area contributed by atoms with Crippen molar-refractivity contribution in [2.24, 2.45) is 11.3 Å². The fourth-order valence-corrected chi connectivity index (χ4v) is 3.09. The molecule has 0 aliphatic rings. The summed E-state index contributed by atoms with van der Waals surface area (Å²) in [7, 11) is 0. The highest BCUT2D eigenvalue weighted by atomic mass is 16.3. The number of rotatable bonds is 10. The van der Waals surface area contributed by atoms with Crippen LogP contribution in [0.1, 0.15) is 83.6 Å². The third-order valence-electron chi connectivity index (χ3n) is 3.98. The summed E-state index contributed by atoms with van der Waals surface area (Å²) in [6.07, 6.45) is 4.60. The highest BCUT2D eigenvalue weighted by molar-refractivity contribution is 5.91. The first-order valence-electron chi connectivity index (χ1n) is 9.66. The van der Waals surface area contributed by atoms with Gasteiger partial charge in [0.25, 0.3) is 5.91 Å².